The van der Waals surface area contributed by atoms with Gasteiger partial charge in [-0.05, 0) is 48.4 Å². The van der Waals surface area contributed by atoms with Gasteiger partial charge in [-0.1, -0.05) is 45.9 Å². The third-order valence-corrected chi connectivity index (χ3v) is 6.18. The quantitative estimate of drug-likeness (QED) is 0.733. The van der Waals surface area contributed by atoms with Gasteiger partial charge in [-0.3, -0.25) is 4.79 Å². The van der Waals surface area contributed by atoms with Gasteiger partial charge in [0.1, 0.15) is 0 Å². The summed E-state index contributed by atoms with van der Waals surface area (Å²) in [4.78, 5) is 12.4. The molecule has 3 rings (SSSR count). The van der Waals surface area contributed by atoms with Crippen molar-refractivity contribution in [2.45, 2.75) is 71.7 Å². The molecule has 1 heterocycles. The summed E-state index contributed by atoms with van der Waals surface area (Å²) in [5.74, 6) is 0.285. The molecule has 1 saturated heterocycles. The lowest BCUT2D eigenvalue weighted by molar-refractivity contribution is 0.0375. The fraction of sp³-hybridized carbons (Fsp3) is 0.632. The molecule has 3 heteroatoms. The molecule has 0 amide bonds. The monoisotopic (exact) mass is 298 g/mol. The molecule has 1 aromatic carbocycles. The molecule has 0 radical (unpaired) electrons. The van der Waals surface area contributed by atoms with E-state index < -0.39 is 0 Å². The van der Waals surface area contributed by atoms with Gasteiger partial charge in [-0.15, -0.1) is 0 Å². The van der Waals surface area contributed by atoms with E-state index >= 15 is 0 Å². The summed E-state index contributed by atoms with van der Waals surface area (Å²) in [7, 11) is 0. The summed E-state index contributed by atoms with van der Waals surface area (Å²) in [5, 5.41) is 0. The third-order valence-electron chi connectivity index (χ3n) is 6.18. The van der Waals surface area contributed by atoms with Gasteiger partial charge in [0.05, 0.1) is 5.60 Å². The van der Waals surface area contributed by atoms with E-state index in [9.17, 15) is 4.79 Å². The van der Waals surface area contributed by atoms with Crippen molar-refractivity contribution in [2.75, 3.05) is 0 Å². The predicted molar refractivity (Wildman–Crippen MR) is 92.2 cm³/mol. The van der Waals surface area contributed by atoms with Crippen molar-refractivity contribution in [3.8, 4) is 0 Å². The van der Waals surface area contributed by atoms with Gasteiger partial charge < -0.3 is 4.65 Å². The minimum Gasteiger partial charge on any atom is -0.426 e. The molecule has 1 aromatic rings. The summed E-state index contributed by atoms with van der Waals surface area (Å²) in [5.41, 5.74) is 3.36. The highest BCUT2D eigenvalue weighted by Crippen LogP contribution is 2.45. The van der Waals surface area contributed by atoms with Gasteiger partial charge in [0, 0.05) is 12.0 Å². The second-order valence-electron chi connectivity index (χ2n) is 8.82. The minimum atomic E-state index is -0.142. The first kappa shape index (κ1) is 15.8. The molecule has 118 valence electrons. The largest absolute Gasteiger partial charge is 0.426 e. The van der Waals surface area contributed by atoms with Crippen molar-refractivity contribution < 1.29 is 9.45 Å². The first-order valence-electron chi connectivity index (χ1n) is 8.39. The highest BCUT2D eigenvalue weighted by molar-refractivity contribution is 6.68. The maximum absolute atomic E-state index is 12.4. The smallest absolute Gasteiger partial charge is 0.327 e. The molecule has 22 heavy (non-hydrogen) atoms. The SMILES string of the molecule is CC1(C)CCC(=O)c2cc(B3CC(C)(C)C(C)(C)O3)ccc21. The molecule has 0 bridgehead atoms. The van der Waals surface area contributed by atoms with E-state index in [0.717, 1.165) is 23.8 Å². The van der Waals surface area contributed by atoms with E-state index in [1.165, 1.54) is 5.56 Å². The molecule has 2 nitrogen and oxygen atoms in total. The molecule has 1 aliphatic carbocycles. The number of hydrogen-bond donors (Lipinski definition) is 0. The van der Waals surface area contributed by atoms with Crippen LogP contribution in [0.4, 0.5) is 0 Å². The number of fused-ring (bicyclic) bond motifs is 1. The van der Waals surface area contributed by atoms with Crippen molar-refractivity contribution in [1.29, 1.82) is 0 Å². The van der Waals surface area contributed by atoms with Crippen LogP contribution in [0.5, 0.6) is 0 Å². The Morgan fingerprint density at radius 3 is 2.36 bits per heavy atom. The lowest BCUT2D eigenvalue weighted by atomic mass is 9.53. The van der Waals surface area contributed by atoms with Crippen LogP contribution in [0.3, 0.4) is 0 Å². The zero-order valence-corrected chi connectivity index (χ0v) is 14.7. The van der Waals surface area contributed by atoms with Crippen LogP contribution in [-0.2, 0) is 10.1 Å². The topological polar surface area (TPSA) is 26.3 Å². The molecular formula is C19H27BO2. The summed E-state index contributed by atoms with van der Waals surface area (Å²) in [6, 6.07) is 6.42. The Morgan fingerprint density at radius 1 is 1.09 bits per heavy atom. The molecule has 0 saturated carbocycles. The van der Waals surface area contributed by atoms with Gasteiger partial charge in [0.2, 0.25) is 0 Å². The van der Waals surface area contributed by atoms with E-state index in [1.54, 1.807) is 0 Å². The Bertz CT molecular complexity index is 612. The van der Waals surface area contributed by atoms with Crippen molar-refractivity contribution in [3.05, 3.63) is 29.3 Å². The van der Waals surface area contributed by atoms with Crippen LogP contribution in [0.15, 0.2) is 18.2 Å². The zero-order valence-electron chi connectivity index (χ0n) is 14.7. The van der Waals surface area contributed by atoms with E-state index in [4.69, 9.17) is 4.65 Å². The van der Waals surface area contributed by atoms with E-state index in [2.05, 4.69) is 59.7 Å². The standard InChI is InChI=1S/C19H27BO2/c1-17(2)10-9-16(21)14-11-13(7-8-15(14)17)20-12-18(3,4)19(5,6)22-20/h7-8,11H,9-10,12H2,1-6H3. The van der Waals surface area contributed by atoms with Crippen LogP contribution in [0.25, 0.3) is 0 Å². The van der Waals surface area contributed by atoms with Crippen LogP contribution in [-0.4, -0.2) is 18.3 Å². The highest BCUT2D eigenvalue weighted by atomic mass is 16.5. The molecule has 1 aliphatic heterocycles. The molecular weight excluding hydrogens is 271 g/mol. The Balaban J connectivity index is 1.99. The lowest BCUT2D eigenvalue weighted by Crippen LogP contribution is -2.37. The van der Waals surface area contributed by atoms with E-state index in [-0.39, 0.29) is 29.1 Å². The summed E-state index contributed by atoms with van der Waals surface area (Å²) in [6.45, 7) is 13.4. The highest BCUT2D eigenvalue weighted by Gasteiger charge is 2.50. The van der Waals surface area contributed by atoms with E-state index in [0.29, 0.717) is 6.42 Å². The average Bonchev–Trinajstić information content (AvgIpc) is 2.63. The Hall–Kier alpha value is -1.09. The summed E-state index contributed by atoms with van der Waals surface area (Å²) in [6.07, 6.45) is 2.60. The summed E-state index contributed by atoms with van der Waals surface area (Å²) < 4.78 is 6.32. The molecule has 0 atom stereocenters. The normalized spacial score (nSPS) is 25.2. The van der Waals surface area contributed by atoms with Gasteiger partial charge in [0.25, 0.3) is 0 Å². The van der Waals surface area contributed by atoms with Crippen LogP contribution in [0.2, 0.25) is 6.32 Å². The molecule has 0 unspecified atom stereocenters. The first-order valence-corrected chi connectivity index (χ1v) is 8.39. The van der Waals surface area contributed by atoms with Gasteiger partial charge in [-0.25, -0.2) is 0 Å². The van der Waals surface area contributed by atoms with Gasteiger partial charge >= 0.3 is 6.92 Å². The van der Waals surface area contributed by atoms with Crippen LogP contribution in [0.1, 0.15) is 70.3 Å². The van der Waals surface area contributed by atoms with Gasteiger partial charge in [-0.2, -0.15) is 0 Å². The number of hydrogen-bond acceptors (Lipinski definition) is 2. The predicted octanol–water partition coefficient (Wildman–Crippen LogP) is 3.97. The molecule has 0 aromatic heterocycles. The van der Waals surface area contributed by atoms with E-state index in [1.807, 2.05) is 0 Å². The van der Waals surface area contributed by atoms with Crippen molar-refractivity contribution in [3.63, 3.8) is 0 Å². The Labute approximate surface area is 134 Å². The number of ketones is 1. The van der Waals surface area contributed by atoms with Crippen LogP contribution >= 0.6 is 0 Å². The number of rotatable bonds is 1. The number of benzene rings is 1. The maximum atomic E-state index is 12.4. The Morgan fingerprint density at radius 2 is 1.77 bits per heavy atom. The number of carbonyl (C=O) groups is 1. The lowest BCUT2D eigenvalue weighted by Gasteiger charge is -2.34. The third kappa shape index (κ3) is 2.34. The van der Waals surface area contributed by atoms with Crippen molar-refractivity contribution in [1.82, 2.24) is 0 Å². The van der Waals surface area contributed by atoms with Crippen molar-refractivity contribution in [2.24, 2.45) is 5.41 Å². The zero-order chi connectivity index (χ0) is 16.3. The first-order chi connectivity index (χ1) is 10.0. The Kier molecular flexibility index (Phi) is 3.38. The second-order valence-corrected chi connectivity index (χ2v) is 8.82. The summed E-state index contributed by atoms with van der Waals surface area (Å²) >= 11 is 0. The molecule has 2 aliphatic rings. The van der Waals surface area contributed by atoms with Crippen molar-refractivity contribution >= 4 is 18.2 Å². The molecule has 1 fully saturated rings. The maximum Gasteiger partial charge on any atom is 0.327 e. The average molecular weight is 298 g/mol. The van der Waals surface area contributed by atoms with Gasteiger partial charge in [0.15, 0.2) is 5.78 Å². The minimum absolute atomic E-state index is 0.0909. The fourth-order valence-corrected chi connectivity index (χ4v) is 3.73. The number of carbonyl (C=O) groups excluding carboxylic acids is 1. The molecule has 0 N–H and O–H groups in total. The fourth-order valence-electron chi connectivity index (χ4n) is 3.73. The molecule has 0 spiro atoms. The second kappa shape index (κ2) is 4.70. The van der Waals surface area contributed by atoms with Crippen LogP contribution in [0, 0.1) is 5.41 Å². The number of Topliss-reactive ketones (excluding diaryl/α,β-unsaturated/α-hetero) is 1. The van der Waals surface area contributed by atoms with Crippen LogP contribution < -0.4 is 5.46 Å².